The van der Waals surface area contributed by atoms with E-state index in [1.807, 2.05) is 0 Å². The number of anilines is 2. The van der Waals surface area contributed by atoms with Gasteiger partial charge < -0.3 is 15.7 Å². The van der Waals surface area contributed by atoms with E-state index in [4.69, 9.17) is 0 Å². The largest absolute Gasteiger partial charge is 0.507 e. The number of benzene rings is 4. The maximum atomic E-state index is 14.2. The first-order valence-electron chi connectivity index (χ1n) is 11.0. The van der Waals surface area contributed by atoms with Gasteiger partial charge in [0.25, 0.3) is 11.8 Å². The number of alkyl halides is 2. The van der Waals surface area contributed by atoms with Crippen molar-refractivity contribution in [2.45, 2.75) is 13.3 Å². The van der Waals surface area contributed by atoms with Crippen LogP contribution in [0.4, 0.5) is 55.3 Å². The van der Waals surface area contributed by atoms with Gasteiger partial charge >= 0.3 is 0 Å². The smallest absolute Gasteiger partial charge is 0.259 e. The molecule has 3 N–H and O–H groups in total. The van der Waals surface area contributed by atoms with Gasteiger partial charge in [-0.05, 0) is 35.0 Å². The monoisotopic (exact) mass is 590 g/mol. The summed E-state index contributed by atoms with van der Waals surface area (Å²) < 4.78 is 138. The van der Waals surface area contributed by atoms with Crippen molar-refractivity contribution in [3.8, 4) is 5.75 Å². The highest BCUT2D eigenvalue weighted by Crippen LogP contribution is 2.32. The lowest BCUT2D eigenvalue weighted by Gasteiger charge is -2.13. The van der Waals surface area contributed by atoms with Crippen molar-refractivity contribution < 1.29 is 58.6 Å². The maximum Gasteiger partial charge on any atom is 0.259 e. The highest BCUT2D eigenvalue weighted by atomic mass is 19.2. The molecular formula is C26H12F10N2O3. The number of halogens is 10. The van der Waals surface area contributed by atoms with Crippen LogP contribution in [0.1, 0.15) is 31.8 Å². The molecule has 0 heterocycles. The fourth-order valence-electron chi connectivity index (χ4n) is 3.78. The Bertz CT molecular complexity index is 1700. The third-order valence-electron chi connectivity index (χ3n) is 5.91. The lowest BCUT2D eigenvalue weighted by Crippen LogP contribution is -2.18. The fraction of sp³-hybridized carbons (Fsp3) is 0.0769. The van der Waals surface area contributed by atoms with E-state index in [2.05, 4.69) is 0 Å². The second-order valence-electron chi connectivity index (χ2n) is 8.33. The molecule has 0 radical (unpaired) electrons. The number of phenolic OH excluding ortho intramolecular Hbond substituents is 1. The Kier molecular flexibility index (Phi) is 7.81. The second kappa shape index (κ2) is 11.0. The van der Waals surface area contributed by atoms with Crippen LogP contribution in [-0.2, 0) is 13.3 Å². The number of aromatic hydroxyl groups is 1. The summed E-state index contributed by atoms with van der Waals surface area (Å²) in [7, 11) is 0. The summed E-state index contributed by atoms with van der Waals surface area (Å²) in [6.07, 6.45) is 0. The van der Waals surface area contributed by atoms with Crippen molar-refractivity contribution in [2.75, 3.05) is 10.6 Å². The number of fused-ring (bicyclic) bond motifs is 1. The van der Waals surface area contributed by atoms with Crippen molar-refractivity contribution in [1.29, 1.82) is 0 Å². The lowest BCUT2D eigenvalue weighted by molar-refractivity contribution is 0.101. The highest BCUT2D eigenvalue weighted by molar-refractivity contribution is 6.10. The van der Waals surface area contributed by atoms with Crippen LogP contribution in [0.15, 0.2) is 30.3 Å². The van der Waals surface area contributed by atoms with Crippen LogP contribution >= 0.6 is 0 Å². The zero-order chi connectivity index (χ0) is 30.3. The first-order chi connectivity index (χ1) is 19.3. The third kappa shape index (κ3) is 4.98. The molecule has 0 unspecified atom stereocenters. The van der Waals surface area contributed by atoms with Crippen molar-refractivity contribution in [3.05, 3.63) is 99.1 Å². The Morgan fingerprint density at radius 2 is 1.02 bits per heavy atom. The summed E-state index contributed by atoms with van der Waals surface area (Å²) in [5, 5.41) is 13.4. The number of carbonyl (C=O) groups excluding carboxylic acids is 2. The van der Waals surface area contributed by atoms with Crippen LogP contribution < -0.4 is 10.6 Å². The average Bonchev–Trinajstić information content (AvgIpc) is 2.95. The number of nitrogens with one attached hydrogen (secondary N) is 2. The van der Waals surface area contributed by atoms with Crippen LogP contribution in [0, 0.1) is 46.5 Å². The van der Waals surface area contributed by atoms with Crippen molar-refractivity contribution in [2.24, 2.45) is 0 Å². The summed E-state index contributed by atoms with van der Waals surface area (Å²) in [6, 6.07) is 4.96. The van der Waals surface area contributed by atoms with Crippen molar-refractivity contribution in [3.63, 3.8) is 0 Å². The zero-order valence-corrected chi connectivity index (χ0v) is 19.8. The Morgan fingerprint density at radius 1 is 0.585 bits per heavy atom. The SMILES string of the molecule is O=C(Nc1c(F)c(F)c(CF)c(F)c1F)c1ccc2cc(O)c(C(=O)Nc3c(F)c(F)c(CF)c(F)c3F)cc2c1. The summed E-state index contributed by atoms with van der Waals surface area (Å²) in [6.45, 7) is -3.77. The average molecular weight is 590 g/mol. The van der Waals surface area contributed by atoms with E-state index in [9.17, 15) is 58.6 Å². The lowest BCUT2D eigenvalue weighted by atomic mass is 10.0. The Balaban J connectivity index is 1.69. The van der Waals surface area contributed by atoms with Crippen LogP contribution in [0.25, 0.3) is 10.8 Å². The number of hydrogen-bond acceptors (Lipinski definition) is 3. The minimum atomic E-state index is -2.13. The quantitative estimate of drug-likeness (QED) is 0.166. The number of amides is 2. The zero-order valence-electron chi connectivity index (χ0n) is 19.8. The Morgan fingerprint density at radius 3 is 1.46 bits per heavy atom. The Labute approximate surface area is 222 Å². The number of rotatable bonds is 6. The summed E-state index contributed by atoms with van der Waals surface area (Å²) in [5.41, 5.74) is -7.44. The maximum absolute atomic E-state index is 14.2. The number of carbonyl (C=O) groups is 2. The van der Waals surface area contributed by atoms with E-state index in [1.54, 1.807) is 5.32 Å². The molecule has 4 aromatic rings. The summed E-state index contributed by atoms with van der Waals surface area (Å²) in [4.78, 5) is 25.2. The molecule has 0 spiro atoms. The minimum absolute atomic E-state index is 0.0715. The van der Waals surface area contributed by atoms with Gasteiger partial charge in [0.1, 0.15) is 30.5 Å². The normalized spacial score (nSPS) is 11.2. The molecule has 0 aromatic heterocycles. The molecule has 2 amide bonds. The molecule has 0 fully saturated rings. The fourth-order valence-corrected chi connectivity index (χ4v) is 3.78. The third-order valence-corrected chi connectivity index (χ3v) is 5.91. The molecule has 0 aliphatic heterocycles. The van der Waals surface area contributed by atoms with Gasteiger partial charge in [-0.1, -0.05) is 6.07 Å². The van der Waals surface area contributed by atoms with E-state index in [1.165, 1.54) is 5.32 Å². The first-order valence-corrected chi connectivity index (χ1v) is 11.0. The van der Waals surface area contributed by atoms with Gasteiger partial charge in [-0.25, -0.2) is 43.9 Å². The molecule has 0 atom stereocenters. The van der Waals surface area contributed by atoms with E-state index < -0.39 is 111 Å². The molecule has 0 saturated carbocycles. The molecule has 0 aliphatic rings. The van der Waals surface area contributed by atoms with Gasteiger partial charge in [-0.15, -0.1) is 0 Å². The van der Waals surface area contributed by atoms with Crippen molar-refractivity contribution >= 4 is 34.0 Å². The molecular weight excluding hydrogens is 578 g/mol. The van der Waals surface area contributed by atoms with Crippen LogP contribution in [0.5, 0.6) is 5.75 Å². The number of phenols is 1. The van der Waals surface area contributed by atoms with E-state index >= 15 is 0 Å². The minimum Gasteiger partial charge on any atom is -0.507 e. The molecule has 15 heteroatoms. The first kappa shape index (κ1) is 29.2. The molecule has 0 aliphatic carbocycles. The standard InChI is InChI=1S/C26H12F10N2O3/c27-6-12-15(29)19(33)23(20(34)16(12)30)37-25(40)9-2-1-8-5-14(39)11(4-10(8)3-9)26(41)38-24-21(35)17(31)13(7-28)18(32)22(24)36/h1-5,39H,6-7H2,(H,37,40)(H,38,41). The van der Waals surface area contributed by atoms with Gasteiger partial charge in [0.2, 0.25) is 0 Å². The van der Waals surface area contributed by atoms with Gasteiger partial charge in [-0.3, -0.25) is 9.59 Å². The summed E-state index contributed by atoms with van der Waals surface area (Å²) in [5.74, 6) is -20.4. The van der Waals surface area contributed by atoms with Gasteiger partial charge in [0.15, 0.2) is 46.5 Å². The topological polar surface area (TPSA) is 78.4 Å². The van der Waals surface area contributed by atoms with Crippen LogP contribution in [0.2, 0.25) is 0 Å². The molecule has 5 nitrogen and oxygen atoms in total. The van der Waals surface area contributed by atoms with E-state index in [0.29, 0.717) is 0 Å². The molecule has 0 bridgehead atoms. The second-order valence-corrected chi connectivity index (χ2v) is 8.33. The molecule has 4 rings (SSSR count). The van der Waals surface area contributed by atoms with Crippen LogP contribution in [-0.4, -0.2) is 16.9 Å². The molecule has 214 valence electrons. The predicted molar refractivity (Wildman–Crippen MR) is 124 cm³/mol. The molecule has 0 saturated heterocycles. The van der Waals surface area contributed by atoms with Gasteiger partial charge in [-0.2, -0.15) is 0 Å². The molecule has 41 heavy (non-hydrogen) atoms. The van der Waals surface area contributed by atoms with E-state index in [-0.39, 0.29) is 10.8 Å². The molecule has 4 aromatic carbocycles. The van der Waals surface area contributed by atoms with Gasteiger partial charge in [0.05, 0.1) is 16.7 Å². The predicted octanol–water partition coefficient (Wildman–Crippen LogP) is 7.10. The van der Waals surface area contributed by atoms with Crippen LogP contribution in [0.3, 0.4) is 0 Å². The van der Waals surface area contributed by atoms with Crippen molar-refractivity contribution in [1.82, 2.24) is 0 Å². The summed E-state index contributed by atoms with van der Waals surface area (Å²) >= 11 is 0. The Hall–Kier alpha value is -4.82. The van der Waals surface area contributed by atoms with E-state index in [0.717, 1.165) is 30.3 Å². The number of hydrogen-bond donors (Lipinski definition) is 3. The van der Waals surface area contributed by atoms with Gasteiger partial charge in [0, 0.05) is 5.56 Å². The highest BCUT2D eigenvalue weighted by Gasteiger charge is 2.28.